The average molecular weight is 273 g/mol. The molecule has 0 aliphatic carbocycles. The van der Waals surface area contributed by atoms with Crippen LogP contribution in [0.4, 0.5) is 5.69 Å². The Labute approximate surface area is 118 Å². The van der Waals surface area contributed by atoms with Gasteiger partial charge in [0.05, 0.1) is 12.2 Å². The summed E-state index contributed by atoms with van der Waals surface area (Å²) < 4.78 is 0. The highest BCUT2D eigenvalue weighted by atomic mass is 16.1. The molecule has 106 valence electrons. The van der Waals surface area contributed by atoms with E-state index in [0.717, 1.165) is 11.4 Å². The molecule has 0 fully saturated rings. The molecular weight excluding hydrogens is 254 g/mol. The van der Waals surface area contributed by atoms with E-state index in [1.165, 1.54) is 0 Å². The molecule has 0 aliphatic heterocycles. The van der Waals surface area contributed by atoms with E-state index in [-0.39, 0.29) is 18.5 Å². The molecule has 1 aromatic carbocycles. The maximum Gasteiger partial charge on any atom is 0.238 e. The first-order chi connectivity index (χ1) is 9.56. The van der Waals surface area contributed by atoms with Crippen LogP contribution in [0.15, 0.2) is 24.3 Å². The largest absolute Gasteiger partial charge is 0.324 e. The van der Waals surface area contributed by atoms with Crippen molar-refractivity contribution in [2.45, 2.75) is 26.8 Å². The number of benzene rings is 1. The Bertz CT molecular complexity index is 591. The lowest BCUT2D eigenvalue weighted by atomic mass is 10.1. The maximum absolute atomic E-state index is 11.9. The zero-order valence-corrected chi connectivity index (χ0v) is 11.9. The Morgan fingerprint density at radius 2 is 2.10 bits per heavy atom. The molecule has 0 spiro atoms. The highest BCUT2D eigenvalue weighted by molar-refractivity contribution is 5.95. The van der Waals surface area contributed by atoms with Gasteiger partial charge in [-0.05, 0) is 19.1 Å². The third-order valence-electron chi connectivity index (χ3n) is 2.71. The fraction of sp³-hybridized carbons (Fsp3) is 0.357. The van der Waals surface area contributed by atoms with Crippen LogP contribution in [-0.2, 0) is 4.79 Å². The Morgan fingerprint density at radius 1 is 1.35 bits per heavy atom. The van der Waals surface area contributed by atoms with Crippen molar-refractivity contribution in [2.75, 3.05) is 11.9 Å². The van der Waals surface area contributed by atoms with Gasteiger partial charge in [0.15, 0.2) is 5.82 Å². The minimum Gasteiger partial charge on any atom is -0.324 e. The van der Waals surface area contributed by atoms with E-state index in [1.54, 1.807) is 0 Å². The Hall–Kier alpha value is -2.21. The molecule has 20 heavy (non-hydrogen) atoms. The average Bonchev–Trinajstić information content (AvgIpc) is 2.83. The Kier molecular flexibility index (Phi) is 4.47. The van der Waals surface area contributed by atoms with Gasteiger partial charge in [0.2, 0.25) is 5.91 Å². The summed E-state index contributed by atoms with van der Waals surface area (Å²) in [6, 6.07) is 7.76. The fourth-order valence-electron chi connectivity index (χ4n) is 1.74. The number of amides is 1. The lowest BCUT2D eigenvalue weighted by Gasteiger charge is -2.11. The number of rotatable bonds is 5. The zero-order valence-electron chi connectivity index (χ0n) is 11.9. The highest BCUT2D eigenvalue weighted by Gasteiger charge is 2.11. The van der Waals surface area contributed by atoms with E-state index in [4.69, 9.17) is 0 Å². The van der Waals surface area contributed by atoms with Crippen molar-refractivity contribution in [3.05, 3.63) is 30.1 Å². The molecule has 2 rings (SSSR count). The predicted molar refractivity (Wildman–Crippen MR) is 78.3 cm³/mol. The topological polar surface area (TPSA) is 82.7 Å². The minimum absolute atomic E-state index is 0.0848. The fourth-order valence-corrected chi connectivity index (χ4v) is 1.74. The number of carbonyl (C=O) groups excluding carboxylic acids is 1. The van der Waals surface area contributed by atoms with E-state index in [2.05, 4.69) is 25.8 Å². The van der Waals surface area contributed by atoms with Crippen LogP contribution < -0.4 is 10.6 Å². The summed E-state index contributed by atoms with van der Waals surface area (Å²) in [5.41, 5.74) is 1.51. The zero-order chi connectivity index (χ0) is 14.5. The van der Waals surface area contributed by atoms with E-state index >= 15 is 0 Å². The first-order valence-electron chi connectivity index (χ1n) is 6.58. The normalized spacial score (nSPS) is 10.8. The van der Waals surface area contributed by atoms with Crippen molar-refractivity contribution in [1.29, 1.82) is 0 Å². The second-order valence-corrected chi connectivity index (χ2v) is 4.87. The number of nitrogens with one attached hydrogen (secondary N) is 3. The quantitative estimate of drug-likeness (QED) is 0.774. The van der Waals surface area contributed by atoms with Crippen LogP contribution in [0.5, 0.6) is 0 Å². The molecule has 0 aliphatic rings. The van der Waals surface area contributed by atoms with Gasteiger partial charge in [0, 0.05) is 11.6 Å². The van der Waals surface area contributed by atoms with Crippen molar-refractivity contribution < 1.29 is 4.79 Å². The van der Waals surface area contributed by atoms with Crippen molar-refractivity contribution in [1.82, 2.24) is 20.5 Å². The summed E-state index contributed by atoms with van der Waals surface area (Å²) in [5, 5.41) is 12.9. The molecule has 6 nitrogen and oxygen atoms in total. The van der Waals surface area contributed by atoms with Crippen molar-refractivity contribution in [3.8, 4) is 11.4 Å². The second kappa shape index (κ2) is 6.29. The Morgan fingerprint density at radius 3 is 2.75 bits per heavy atom. The van der Waals surface area contributed by atoms with Gasteiger partial charge in [-0.25, -0.2) is 4.98 Å². The summed E-state index contributed by atoms with van der Waals surface area (Å²) in [4.78, 5) is 16.2. The van der Waals surface area contributed by atoms with E-state index in [0.29, 0.717) is 11.5 Å². The van der Waals surface area contributed by atoms with E-state index in [1.807, 2.05) is 45.0 Å². The van der Waals surface area contributed by atoms with Crippen LogP contribution >= 0.6 is 0 Å². The van der Waals surface area contributed by atoms with E-state index < -0.39 is 0 Å². The molecule has 1 aromatic heterocycles. The molecule has 2 aromatic rings. The monoisotopic (exact) mass is 273 g/mol. The van der Waals surface area contributed by atoms with Gasteiger partial charge in [0.1, 0.15) is 5.82 Å². The summed E-state index contributed by atoms with van der Waals surface area (Å²) >= 11 is 0. The predicted octanol–water partition coefficient (Wildman–Crippen LogP) is 1.72. The van der Waals surface area contributed by atoms with Crippen LogP contribution in [0.25, 0.3) is 11.4 Å². The van der Waals surface area contributed by atoms with Crippen LogP contribution in [0.2, 0.25) is 0 Å². The molecule has 1 heterocycles. The van der Waals surface area contributed by atoms with Gasteiger partial charge in [-0.15, -0.1) is 0 Å². The third-order valence-corrected chi connectivity index (χ3v) is 2.71. The summed E-state index contributed by atoms with van der Waals surface area (Å²) in [6.45, 7) is 6.11. The van der Waals surface area contributed by atoms with Crippen molar-refractivity contribution in [3.63, 3.8) is 0 Å². The van der Waals surface area contributed by atoms with Crippen LogP contribution in [-0.4, -0.2) is 33.7 Å². The number of H-pyrrole nitrogens is 1. The highest BCUT2D eigenvalue weighted by Crippen LogP contribution is 2.24. The van der Waals surface area contributed by atoms with Gasteiger partial charge >= 0.3 is 0 Å². The third kappa shape index (κ3) is 3.64. The summed E-state index contributed by atoms with van der Waals surface area (Å²) in [7, 11) is 0. The molecule has 0 radical (unpaired) electrons. The molecule has 0 bridgehead atoms. The van der Waals surface area contributed by atoms with Gasteiger partial charge in [-0.3, -0.25) is 9.89 Å². The van der Waals surface area contributed by atoms with Crippen LogP contribution in [0, 0.1) is 6.92 Å². The number of aryl methyl sites for hydroxylation is 1. The molecule has 0 saturated heterocycles. The number of hydrogen-bond donors (Lipinski definition) is 3. The van der Waals surface area contributed by atoms with Crippen molar-refractivity contribution >= 4 is 11.6 Å². The van der Waals surface area contributed by atoms with Gasteiger partial charge < -0.3 is 10.6 Å². The van der Waals surface area contributed by atoms with Crippen LogP contribution in [0.1, 0.15) is 19.7 Å². The second-order valence-electron chi connectivity index (χ2n) is 4.87. The molecule has 6 heteroatoms. The minimum atomic E-state index is -0.0848. The number of para-hydroxylation sites is 1. The van der Waals surface area contributed by atoms with E-state index in [9.17, 15) is 4.79 Å². The number of carbonyl (C=O) groups is 1. The number of anilines is 1. The molecule has 0 saturated carbocycles. The molecular formula is C14H19N5O. The SMILES string of the molecule is Cc1nc(-c2ccccc2NC(=O)CNC(C)C)n[nH]1. The maximum atomic E-state index is 11.9. The number of hydrogen-bond acceptors (Lipinski definition) is 4. The molecule has 3 N–H and O–H groups in total. The molecule has 0 atom stereocenters. The van der Waals surface area contributed by atoms with Gasteiger partial charge in [-0.1, -0.05) is 26.0 Å². The summed E-state index contributed by atoms with van der Waals surface area (Å²) in [5.74, 6) is 1.23. The first-order valence-corrected chi connectivity index (χ1v) is 6.58. The molecule has 0 unspecified atom stereocenters. The Balaban J connectivity index is 2.14. The first kappa shape index (κ1) is 14.2. The number of aromatic nitrogens is 3. The number of nitrogens with zero attached hydrogens (tertiary/aromatic N) is 2. The van der Waals surface area contributed by atoms with Gasteiger partial charge in [0.25, 0.3) is 0 Å². The van der Waals surface area contributed by atoms with Gasteiger partial charge in [-0.2, -0.15) is 5.10 Å². The lowest BCUT2D eigenvalue weighted by molar-refractivity contribution is -0.115. The molecule has 1 amide bonds. The summed E-state index contributed by atoms with van der Waals surface area (Å²) in [6.07, 6.45) is 0. The van der Waals surface area contributed by atoms with Crippen molar-refractivity contribution in [2.24, 2.45) is 0 Å². The standard InChI is InChI=1S/C14H19N5O/c1-9(2)15-8-13(20)17-12-7-5-4-6-11(12)14-16-10(3)18-19-14/h4-7,9,15H,8H2,1-3H3,(H,17,20)(H,16,18,19). The van der Waals surface area contributed by atoms with Crippen LogP contribution in [0.3, 0.4) is 0 Å². The number of aromatic amines is 1. The smallest absolute Gasteiger partial charge is 0.238 e. The lowest BCUT2D eigenvalue weighted by Crippen LogP contribution is -2.32.